The summed E-state index contributed by atoms with van der Waals surface area (Å²) >= 11 is 3.39. The van der Waals surface area contributed by atoms with Crippen molar-refractivity contribution in [3.63, 3.8) is 0 Å². The van der Waals surface area contributed by atoms with E-state index in [1.165, 1.54) is 12.8 Å². The van der Waals surface area contributed by atoms with Crippen molar-refractivity contribution in [2.24, 2.45) is 11.8 Å². The van der Waals surface area contributed by atoms with Crippen LogP contribution in [0.15, 0.2) is 15.5 Å². The summed E-state index contributed by atoms with van der Waals surface area (Å²) in [6.45, 7) is 3.34. The van der Waals surface area contributed by atoms with E-state index >= 15 is 0 Å². The lowest BCUT2D eigenvalue weighted by molar-refractivity contribution is 0.185. The Morgan fingerprint density at radius 2 is 2.25 bits per heavy atom. The van der Waals surface area contributed by atoms with Crippen LogP contribution < -0.4 is 10.9 Å². The summed E-state index contributed by atoms with van der Waals surface area (Å²) in [6.07, 6.45) is 6.39. The molecule has 3 rings (SSSR count). The van der Waals surface area contributed by atoms with Crippen molar-refractivity contribution in [2.75, 3.05) is 25.1 Å². The van der Waals surface area contributed by atoms with Crippen LogP contribution in [0.5, 0.6) is 0 Å². The molecule has 1 atom stereocenters. The summed E-state index contributed by atoms with van der Waals surface area (Å²) in [4.78, 5) is 12.2. The maximum absolute atomic E-state index is 12.2. The van der Waals surface area contributed by atoms with Crippen LogP contribution in [-0.2, 0) is 11.3 Å². The molecule has 5 nitrogen and oxygen atoms in total. The molecule has 1 unspecified atom stereocenters. The van der Waals surface area contributed by atoms with Crippen LogP contribution >= 0.6 is 15.9 Å². The predicted octanol–water partition coefficient (Wildman–Crippen LogP) is 2.25. The van der Waals surface area contributed by atoms with Gasteiger partial charge < -0.3 is 10.1 Å². The highest BCUT2D eigenvalue weighted by atomic mass is 79.9. The van der Waals surface area contributed by atoms with E-state index in [2.05, 4.69) is 26.3 Å². The molecule has 1 aliphatic carbocycles. The van der Waals surface area contributed by atoms with Gasteiger partial charge in [-0.3, -0.25) is 4.79 Å². The normalized spacial score (nSPS) is 22.1. The lowest BCUT2D eigenvalue weighted by Crippen LogP contribution is -2.25. The van der Waals surface area contributed by atoms with Crippen molar-refractivity contribution in [1.82, 2.24) is 9.78 Å². The number of hydrogen-bond acceptors (Lipinski definition) is 4. The molecule has 2 heterocycles. The van der Waals surface area contributed by atoms with Gasteiger partial charge in [-0.2, -0.15) is 5.10 Å². The van der Waals surface area contributed by atoms with Gasteiger partial charge in [0.2, 0.25) is 0 Å². The Balaban J connectivity index is 1.58. The van der Waals surface area contributed by atoms with Gasteiger partial charge in [-0.05, 0) is 53.4 Å². The smallest absolute Gasteiger partial charge is 0.283 e. The van der Waals surface area contributed by atoms with Crippen molar-refractivity contribution in [1.29, 1.82) is 0 Å². The van der Waals surface area contributed by atoms with Crippen molar-refractivity contribution in [2.45, 2.75) is 32.2 Å². The number of hydrogen-bond donors (Lipinski definition) is 1. The van der Waals surface area contributed by atoms with Crippen molar-refractivity contribution in [3.8, 4) is 0 Å². The summed E-state index contributed by atoms with van der Waals surface area (Å²) in [6, 6.07) is 0. The minimum Gasteiger partial charge on any atom is -0.383 e. The average molecular weight is 342 g/mol. The number of nitrogens with zero attached hydrogens (tertiary/aromatic N) is 2. The third-order valence-corrected chi connectivity index (χ3v) is 4.77. The molecule has 2 fully saturated rings. The van der Waals surface area contributed by atoms with Gasteiger partial charge in [-0.1, -0.05) is 0 Å². The van der Waals surface area contributed by atoms with Crippen molar-refractivity contribution >= 4 is 21.6 Å². The highest BCUT2D eigenvalue weighted by Crippen LogP contribution is 2.30. The lowest BCUT2D eigenvalue weighted by Gasteiger charge is -2.12. The summed E-state index contributed by atoms with van der Waals surface area (Å²) in [5.41, 5.74) is 0.757. The molecule has 0 radical (unpaired) electrons. The van der Waals surface area contributed by atoms with Gasteiger partial charge in [0.15, 0.2) is 0 Å². The molecular formula is C14H20BrN3O2. The first kappa shape index (κ1) is 14.1. The fraction of sp³-hybridized carbons (Fsp3) is 0.714. The van der Waals surface area contributed by atoms with Gasteiger partial charge in [-0.15, -0.1) is 0 Å². The predicted molar refractivity (Wildman–Crippen MR) is 81.0 cm³/mol. The number of rotatable bonds is 6. The Kier molecular flexibility index (Phi) is 4.41. The molecule has 1 saturated carbocycles. The van der Waals surface area contributed by atoms with Gasteiger partial charge >= 0.3 is 0 Å². The first-order valence-corrected chi connectivity index (χ1v) is 8.10. The second-order valence-corrected chi connectivity index (χ2v) is 6.54. The Morgan fingerprint density at radius 3 is 2.95 bits per heavy atom. The summed E-state index contributed by atoms with van der Waals surface area (Å²) in [5.74, 6) is 1.29. The maximum atomic E-state index is 12.2. The van der Waals surface area contributed by atoms with E-state index in [0.29, 0.717) is 16.3 Å². The Labute approximate surface area is 126 Å². The highest BCUT2D eigenvalue weighted by molar-refractivity contribution is 9.10. The van der Waals surface area contributed by atoms with E-state index in [0.717, 1.165) is 44.8 Å². The Bertz CT molecular complexity index is 522. The van der Waals surface area contributed by atoms with Crippen LogP contribution in [0.4, 0.5) is 5.69 Å². The fourth-order valence-electron chi connectivity index (χ4n) is 2.49. The van der Waals surface area contributed by atoms with Crippen LogP contribution in [0.1, 0.15) is 25.7 Å². The number of ether oxygens (including phenoxy) is 1. The zero-order valence-electron chi connectivity index (χ0n) is 11.5. The number of nitrogens with one attached hydrogen (secondary N) is 1. The van der Waals surface area contributed by atoms with E-state index in [4.69, 9.17) is 4.74 Å². The SMILES string of the molecule is O=c1c(Br)c(NCCC2CCOC2)cnn1CC1CC1. The summed E-state index contributed by atoms with van der Waals surface area (Å²) < 4.78 is 7.52. The van der Waals surface area contributed by atoms with Gasteiger partial charge in [0.25, 0.3) is 5.56 Å². The van der Waals surface area contributed by atoms with Crippen LogP contribution in [-0.4, -0.2) is 29.5 Å². The second kappa shape index (κ2) is 6.26. The molecule has 1 aliphatic heterocycles. The molecule has 1 saturated heterocycles. The van der Waals surface area contributed by atoms with E-state index in [9.17, 15) is 4.79 Å². The third kappa shape index (κ3) is 3.41. The van der Waals surface area contributed by atoms with Gasteiger partial charge in [-0.25, -0.2) is 4.68 Å². The monoisotopic (exact) mass is 341 g/mol. The maximum Gasteiger partial charge on any atom is 0.283 e. The largest absolute Gasteiger partial charge is 0.383 e. The Hall–Kier alpha value is -0.880. The quantitative estimate of drug-likeness (QED) is 0.862. The van der Waals surface area contributed by atoms with Crippen LogP contribution in [0.3, 0.4) is 0 Å². The minimum atomic E-state index is -0.0360. The van der Waals surface area contributed by atoms with Gasteiger partial charge in [0.1, 0.15) is 4.47 Å². The van der Waals surface area contributed by atoms with Crippen LogP contribution in [0.25, 0.3) is 0 Å². The average Bonchev–Trinajstić information content (AvgIpc) is 3.11. The summed E-state index contributed by atoms with van der Waals surface area (Å²) in [7, 11) is 0. The van der Waals surface area contributed by atoms with Gasteiger partial charge in [0.05, 0.1) is 11.9 Å². The van der Waals surface area contributed by atoms with E-state index < -0.39 is 0 Å². The topological polar surface area (TPSA) is 56.1 Å². The van der Waals surface area contributed by atoms with E-state index in [1.54, 1.807) is 10.9 Å². The number of aromatic nitrogens is 2. The summed E-state index contributed by atoms with van der Waals surface area (Å²) in [5, 5.41) is 7.56. The molecule has 1 aromatic heterocycles. The minimum absolute atomic E-state index is 0.0360. The number of anilines is 1. The zero-order chi connectivity index (χ0) is 13.9. The van der Waals surface area contributed by atoms with Gasteiger partial charge in [0, 0.05) is 26.3 Å². The molecular weight excluding hydrogens is 322 g/mol. The molecule has 0 aromatic carbocycles. The standard InChI is InChI=1S/C14H20BrN3O2/c15-13-12(16-5-3-11-4-6-20-9-11)7-17-18(14(13)19)8-10-1-2-10/h7,10-11,16H,1-6,8-9H2. The van der Waals surface area contributed by atoms with Crippen LogP contribution in [0.2, 0.25) is 0 Å². The first-order chi connectivity index (χ1) is 9.74. The molecule has 0 bridgehead atoms. The second-order valence-electron chi connectivity index (χ2n) is 5.75. The third-order valence-electron chi connectivity index (χ3n) is 4.00. The molecule has 0 spiro atoms. The molecule has 110 valence electrons. The zero-order valence-corrected chi connectivity index (χ0v) is 13.1. The van der Waals surface area contributed by atoms with Crippen LogP contribution in [0, 0.1) is 11.8 Å². The molecule has 1 aromatic rings. The molecule has 2 aliphatic rings. The highest BCUT2D eigenvalue weighted by Gasteiger charge is 2.23. The molecule has 1 N–H and O–H groups in total. The Morgan fingerprint density at radius 1 is 1.40 bits per heavy atom. The number of halogens is 1. The molecule has 20 heavy (non-hydrogen) atoms. The van der Waals surface area contributed by atoms with E-state index in [1.807, 2.05) is 0 Å². The fourth-order valence-corrected chi connectivity index (χ4v) is 2.93. The molecule has 0 amide bonds. The van der Waals surface area contributed by atoms with E-state index in [-0.39, 0.29) is 5.56 Å². The van der Waals surface area contributed by atoms with Crippen molar-refractivity contribution in [3.05, 3.63) is 21.0 Å². The van der Waals surface area contributed by atoms with Crippen molar-refractivity contribution < 1.29 is 4.74 Å². The molecule has 6 heteroatoms. The lowest BCUT2D eigenvalue weighted by atomic mass is 10.1. The first-order valence-electron chi connectivity index (χ1n) is 7.31.